The van der Waals surface area contributed by atoms with Gasteiger partial charge in [-0.25, -0.2) is 4.98 Å². The summed E-state index contributed by atoms with van der Waals surface area (Å²) in [5, 5.41) is 3.18. The fourth-order valence-electron chi connectivity index (χ4n) is 3.87. The standard InChI is InChI=1S/C22H18N2OS/c25-22(17-10-5-8-15-7-1-2-9-16(15)17)24-14-6-12-19(24)21-23-18-11-3-4-13-20(18)26-21/h1-5,7-11,13,19H,6,12,14H2. The maximum atomic E-state index is 13.4. The molecule has 0 aliphatic carbocycles. The molecule has 0 spiro atoms. The van der Waals surface area contributed by atoms with E-state index in [0.717, 1.165) is 46.2 Å². The van der Waals surface area contributed by atoms with E-state index in [4.69, 9.17) is 4.98 Å². The lowest BCUT2D eigenvalue weighted by Crippen LogP contribution is -2.30. The van der Waals surface area contributed by atoms with Gasteiger partial charge in [0, 0.05) is 12.1 Å². The Balaban J connectivity index is 1.54. The van der Waals surface area contributed by atoms with E-state index in [1.807, 2.05) is 53.4 Å². The molecule has 0 N–H and O–H groups in total. The molecule has 1 aliphatic heterocycles. The van der Waals surface area contributed by atoms with Crippen LogP contribution in [0.4, 0.5) is 0 Å². The van der Waals surface area contributed by atoms with Crippen LogP contribution in [0.1, 0.15) is 34.2 Å². The molecule has 0 radical (unpaired) electrons. The number of para-hydroxylation sites is 1. The van der Waals surface area contributed by atoms with Crippen molar-refractivity contribution in [3.63, 3.8) is 0 Å². The first-order valence-corrected chi connectivity index (χ1v) is 9.77. The van der Waals surface area contributed by atoms with Gasteiger partial charge in [-0.15, -0.1) is 11.3 Å². The van der Waals surface area contributed by atoms with Crippen LogP contribution in [0.3, 0.4) is 0 Å². The summed E-state index contributed by atoms with van der Waals surface area (Å²) in [6, 6.07) is 22.3. The maximum absolute atomic E-state index is 13.4. The highest BCUT2D eigenvalue weighted by Gasteiger charge is 2.33. The van der Waals surface area contributed by atoms with Crippen LogP contribution in [-0.2, 0) is 0 Å². The van der Waals surface area contributed by atoms with Crippen LogP contribution in [0.15, 0.2) is 66.7 Å². The average molecular weight is 358 g/mol. The summed E-state index contributed by atoms with van der Waals surface area (Å²) in [7, 11) is 0. The fourth-order valence-corrected chi connectivity index (χ4v) is 4.98. The van der Waals surface area contributed by atoms with Crippen LogP contribution in [0.25, 0.3) is 21.0 Å². The Labute approximate surface area is 155 Å². The number of thiazole rings is 1. The molecule has 1 aliphatic rings. The summed E-state index contributed by atoms with van der Waals surface area (Å²) < 4.78 is 1.19. The highest BCUT2D eigenvalue weighted by atomic mass is 32.1. The van der Waals surface area contributed by atoms with Crippen molar-refractivity contribution in [2.24, 2.45) is 0 Å². The smallest absolute Gasteiger partial charge is 0.255 e. The normalized spacial score (nSPS) is 17.2. The summed E-state index contributed by atoms with van der Waals surface area (Å²) in [6.45, 7) is 0.794. The molecule has 26 heavy (non-hydrogen) atoms. The maximum Gasteiger partial charge on any atom is 0.255 e. The number of rotatable bonds is 2. The zero-order chi connectivity index (χ0) is 17.5. The molecule has 4 heteroatoms. The first-order chi connectivity index (χ1) is 12.8. The molecule has 4 aromatic rings. The summed E-state index contributed by atoms with van der Waals surface area (Å²) in [5.41, 5.74) is 1.81. The Bertz CT molecular complexity index is 1080. The number of carbonyl (C=O) groups excluding carboxylic acids is 1. The van der Waals surface area contributed by atoms with Crippen molar-refractivity contribution in [2.45, 2.75) is 18.9 Å². The third-order valence-corrected chi connectivity index (χ3v) is 6.27. The Morgan fingerprint density at radius 3 is 2.73 bits per heavy atom. The molecule has 5 rings (SSSR count). The topological polar surface area (TPSA) is 33.2 Å². The minimum atomic E-state index is 0.0823. The van der Waals surface area contributed by atoms with Crippen molar-refractivity contribution in [3.8, 4) is 0 Å². The molecule has 1 aromatic heterocycles. The number of benzene rings is 3. The number of hydrogen-bond donors (Lipinski definition) is 0. The van der Waals surface area contributed by atoms with E-state index in [9.17, 15) is 4.79 Å². The van der Waals surface area contributed by atoms with Gasteiger partial charge in [0.05, 0.1) is 16.3 Å². The molecule has 1 unspecified atom stereocenters. The molecule has 0 saturated carbocycles. The van der Waals surface area contributed by atoms with Crippen molar-refractivity contribution in [1.82, 2.24) is 9.88 Å². The number of nitrogens with zero attached hydrogens (tertiary/aromatic N) is 2. The Morgan fingerprint density at radius 2 is 1.81 bits per heavy atom. The second-order valence-corrected chi connectivity index (χ2v) is 7.77. The largest absolute Gasteiger partial charge is 0.329 e. The monoisotopic (exact) mass is 358 g/mol. The molecule has 1 amide bonds. The van der Waals surface area contributed by atoms with Gasteiger partial charge in [-0.1, -0.05) is 48.5 Å². The summed E-state index contributed by atoms with van der Waals surface area (Å²) in [4.78, 5) is 20.2. The van der Waals surface area contributed by atoms with Crippen molar-refractivity contribution in [1.29, 1.82) is 0 Å². The number of amides is 1. The number of carbonyl (C=O) groups is 1. The molecule has 1 fully saturated rings. The fraction of sp³-hybridized carbons (Fsp3) is 0.182. The predicted octanol–water partition coefficient (Wildman–Crippen LogP) is 5.43. The zero-order valence-electron chi connectivity index (χ0n) is 14.3. The van der Waals surface area contributed by atoms with Crippen molar-refractivity contribution in [3.05, 3.63) is 77.3 Å². The quantitative estimate of drug-likeness (QED) is 0.479. The minimum Gasteiger partial charge on any atom is -0.329 e. The van der Waals surface area contributed by atoms with Gasteiger partial charge < -0.3 is 4.90 Å². The van der Waals surface area contributed by atoms with Gasteiger partial charge in [-0.2, -0.15) is 0 Å². The zero-order valence-corrected chi connectivity index (χ0v) is 15.1. The second kappa shape index (κ2) is 6.22. The first kappa shape index (κ1) is 15.5. The van der Waals surface area contributed by atoms with Crippen LogP contribution in [-0.4, -0.2) is 22.3 Å². The predicted molar refractivity (Wildman–Crippen MR) is 107 cm³/mol. The molecule has 3 nitrogen and oxygen atoms in total. The van der Waals surface area contributed by atoms with E-state index in [1.54, 1.807) is 11.3 Å². The average Bonchev–Trinajstić information content (AvgIpc) is 3.33. The van der Waals surface area contributed by atoms with E-state index in [0.29, 0.717) is 0 Å². The Hall–Kier alpha value is -2.72. The van der Waals surface area contributed by atoms with Crippen LogP contribution < -0.4 is 0 Å². The number of fused-ring (bicyclic) bond motifs is 2. The lowest BCUT2D eigenvalue weighted by Gasteiger charge is -2.23. The molecule has 3 aromatic carbocycles. The third-order valence-electron chi connectivity index (χ3n) is 5.13. The van der Waals surface area contributed by atoms with Crippen LogP contribution in [0.2, 0.25) is 0 Å². The third kappa shape index (κ3) is 2.49. The summed E-state index contributed by atoms with van der Waals surface area (Å²) >= 11 is 1.71. The number of likely N-dealkylation sites (tertiary alicyclic amines) is 1. The van der Waals surface area contributed by atoms with E-state index in [1.165, 1.54) is 4.70 Å². The number of hydrogen-bond acceptors (Lipinski definition) is 3. The van der Waals surface area contributed by atoms with Crippen LogP contribution in [0, 0.1) is 0 Å². The van der Waals surface area contributed by atoms with Gasteiger partial charge >= 0.3 is 0 Å². The van der Waals surface area contributed by atoms with E-state index in [2.05, 4.69) is 18.2 Å². The molecule has 2 heterocycles. The van der Waals surface area contributed by atoms with Gasteiger partial charge in [0.1, 0.15) is 5.01 Å². The second-order valence-electron chi connectivity index (χ2n) is 6.70. The van der Waals surface area contributed by atoms with Gasteiger partial charge in [0.25, 0.3) is 5.91 Å². The molecule has 0 bridgehead atoms. The SMILES string of the molecule is O=C(c1cccc2ccccc12)N1CCCC1c1nc2ccccc2s1. The molecule has 128 valence electrons. The Morgan fingerprint density at radius 1 is 1.00 bits per heavy atom. The van der Waals surface area contributed by atoms with Gasteiger partial charge in [0.2, 0.25) is 0 Å². The van der Waals surface area contributed by atoms with Crippen molar-refractivity contribution in [2.75, 3.05) is 6.54 Å². The summed E-state index contributed by atoms with van der Waals surface area (Å²) in [6.07, 6.45) is 2.01. The molecular formula is C22H18N2OS. The van der Waals surface area contributed by atoms with Crippen LogP contribution in [0.5, 0.6) is 0 Å². The molecule has 1 atom stereocenters. The first-order valence-electron chi connectivity index (χ1n) is 8.95. The van der Waals surface area contributed by atoms with Crippen molar-refractivity contribution >= 4 is 38.2 Å². The molecular weight excluding hydrogens is 340 g/mol. The van der Waals surface area contributed by atoms with Gasteiger partial charge in [-0.05, 0) is 41.8 Å². The van der Waals surface area contributed by atoms with Crippen molar-refractivity contribution < 1.29 is 4.79 Å². The minimum absolute atomic E-state index is 0.0823. The van der Waals surface area contributed by atoms with Crippen LogP contribution >= 0.6 is 11.3 Å². The lowest BCUT2D eigenvalue weighted by atomic mass is 10.0. The van der Waals surface area contributed by atoms with E-state index in [-0.39, 0.29) is 11.9 Å². The molecule has 1 saturated heterocycles. The lowest BCUT2D eigenvalue weighted by molar-refractivity contribution is 0.0737. The number of aromatic nitrogens is 1. The van der Waals surface area contributed by atoms with E-state index >= 15 is 0 Å². The highest BCUT2D eigenvalue weighted by molar-refractivity contribution is 7.18. The summed E-state index contributed by atoms with van der Waals surface area (Å²) in [5.74, 6) is 0.114. The van der Waals surface area contributed by atoms with Gasteiger partial charge in [0.15, 0.2) is 0 Å². The van der Waals surface area contributed by atoms with E-state index < -0.39 is 0 Å². The van der Waals surface area contributed by atoms with Gasteiger partial charge in [-0.3, -0.25) is 4.79 Å². The highest BCUT2D eigenvalue weighted by Crippen LogP contribution is 2.37. The Kier molecular flexibility index (Phi) is 3.71.